The molecule has 0 saturated carbocycles. The van der Waals surface area contributed by atoms with Crippen LogP contribution in [-0.2, 0) is 48.7 Å². The third-order valence-corrected chi connectivity index (χ3v) is 10.1. The molecule has 0 N–H and O–H groups in total. The minimum Gasteiger partial charge on any atom is -0.358 e. The van der Waals surface area contributed by atoms with Crippen LogP contribution in [0, 0.1) is 35.6 Å². The average molecular weight is 823 g/mol. The van der Waals surface area contributed by atoms with Gasteiger partial charge in [-0.15, -0.1) is 0 Å². The molecule has 0 radical (unpaired) electrons. The van der Waals surface area contributed by atoms with Gasteiger partial charge in [0.25, 0.3) is 0 Å². The van der Waals surface area contributed by atoms with Crippen LogP contribution in [0.15, 0.2) is 60.9 Å². The van der Waals surface area contributed by atoms with Gasteiger partial charge < -0.3 is 14.9 Å². The summed E-state index contributed by atoms with van der Waals surface area (Å²) < 4.78 is 122. The van der Waals surface area contributed by atoms with E-state index in [9.17, 15) is 39.5 Å². The van der Waals surface area contributed by atoms with E-state index in [-0.39, 0.29) is 74.2 Å². The number of nitrogens with zero attached hydrogens (tertiary/aromatic N) is 4. The van der Waals surface area contributed by atoms with Crippen LogP contribution < -0.4 is 0 Å². The van der Waals surface area contributed by atoms with Gasteiger partial charge >= 0.3 is 35.6 Å². The summed E-state index contributed by atoms with van der Waals surface area (Å²) in [5.74, 6) is 0. The Bertz CT molecular complexity index is 1850. The minimum absolute atomic E-state index is 0. The molecule has 2 saturated heterocycles. The molecule has 0 spiro atoms. The Morgan fingerprint density at radius 3 is 1.33 bits per heavy atom. The van der Waals surface area contributed by atoms with E-state index in [0.29, 0.717) is 29.9 Å². The van der Waals surface area contributed by atoms with Crippen molar-refractivity contribution in [1.82, 2.24) is 19.8 Å². The Morgan fingerprint density at radius 2 is 0.964 bits per heavy atom. The fourth-order valence-electron chi connectivity index (χ4n) is 7.86. The molecule has 0 aliphatic carbocycles. The smallest absolute Gasteiger partial charge is 0.358 e. The van der Waals surface area contributed by atoms with Gasteiger partial charge in [-0.2, -0.15) is 39.5 Å². The minimum atomic E-state index is -4.99. The topological polar surface area (TPSA) is 32.3 Å². The molecule has 0 unspecified atom stereocenters. The van der Waals surface area contributed by atoms with E-state index in [1.165, 1.54) is 19.2 Å². The summed E-state index contributed by atoms with van der Waals surface area (Å²) >= 11 is 0. The van der Waals surface area contributed by atoms with Crippen LogP contribution in [0.5, 0.6) is 0 Å². The second-order valence-electron chi connectivity index (χ2n) is 13.6. The van der Waals surface area contributed by atoms with Crippen LogP contribution in [0.25, 0.3) is 22.3 Å². The number of likely N-dealkylation sites (tertiary alicyclic amines) is 2. The largest absolute Gasteiger partial charge is 4.00 e. The molecule has 0 bridgehead atoms. The molecule has 2 aromatic carbocycles. The van der Waals surface area contributed by atoms with Crippen molar-refractivity contribution in [3.05, 3.63) is 121 Å². The van der Waals surface area contributed by atoms with Crippen LogP contribution in [0.1, 0.15) is 77.9 Å². The number of rotatable bonds is 7. The number of hydrogen-bond acceptors (Lipinski definition) is 4. The van der Waals surface area contributed by atoms with Gasteiger partial charge in [-0.3, -0.25) is 19.8 Å². The van der Waals surface area contributed by atoms with Crippen LogP contribution in [0.3, 0.4) is 0 Å². The third kappa shape index (κ3) is 10.5. The van der Waals surface area contributed by atoms with Gasteiger partial charge in [-0.05, 0) is 124 Å². The Balaban J connectivity index is 0.00000261. The number of aryl methyl sites for hydroxylation is 3. The second kappa shape index (κ2) is 18.2. The Kier molecular flexibility index (Phi) is 15.8. The standard InChI is InChI=1S/C38H37F9N4.CH4.2CH3.Fe/c1-22-14-27(36(39,40)41)15-23(2)34(22)25-8-10-29(48-18-25)20-50-12-4-6-32(50)33-7-5-13-51(33)21-30-11-9-26(19-49-30)35-24(3)16-28(37(42,43)44)17-31(35)38(45,46)47;;;;/h8-11,14-19,32-33H,4-7,12-13,20-21H2,1-3H3;1H4;2*1H3;/q;;2*-1;+4/t32-,33-;;;;/m1..../s1. The zero-order valence-corrected chi connectivity index (χ0v) is 31.7. The zero-order valence-electron chi connectivity index (χ0n) is 30.6. The van der Waals surface area contributed by atoms with Gasteiger partial charge in [0.2, 0.25) is 0 Å². The second-order valence-corrected chi connectivity index (χ2v) is 13.6. The van der Waals surface area contributed by atoms with Crippen molar-refractivity contribution in [3.8, 4) is 22.3 Å². The summed E-state index contributed by atoms with van der Waals surface area (Å²) in [5.41, 5.74) is 0.326. The van der Waals surface area contributed by atoms with Gasteiger partial charge in [0.1, 0.15) is 0 Å². The third-order valence-electron chi connectivity index (χ3n) is 10.1. The number of alkyl halides is 9. The van der Waals surface area contributed by atoms with Gasteiger partial charge in [-0.1, -0.05) is 19.6 Å². The first-order valence-electron chi connectivity index (χ1n) is 16.8. The van der Waals surface area contributed by atoms with Crippen molar-refractivity contribution in [2.24, 2.45) is 0 Å². The molecule has 14 heteroatoms. The number of pyridine rings is 2. The van der Waals surface area contributed by atoms with Gasteiger partial charge in [0.15, 0.2) is 0 Å². The zero-order chi connectivity index (χ0) is 36.9. The molecule has 6 rings (SSSR count). The summed E-state index contributed by atoms with van der Waals surface area (Å²) in [6.45, 7) is 7.38. The molecule has 2 atom stereocenters. The first-order valence-corrected chi connectivity index (χ1v) is 16.8. The van der Waals surface area contributed by atoms with Gasteiger partial charge in [0.05, 0.1) is 28.1 Å². The van der Waals surface area contributed by atoms with E-state index in [2.05, 4.69) is 19.8 Å². The van der Waals surface area contributed by atoms with E-state index in [4.69, 9.17) is 0 Å². The normalized spacial score (nSPS) is 17.9. The predicted octanol–water partition coefficient (Wildman–Crippen LogP) is 12.0. The molecule has 2 aliphatic heterocycles. The summed E-state index contributed by atoms with van der Waals surface area (Å²) in [7, 11) is 0. The van der Waals surface area contributed by atoms with Crippen LogP contribution in [0.2, 0.25) is 0 Å². The summed E-state index contributed by atoms with van der Waals surface area (Å²) in [6, 6.07) is 10.6. The molecule has 4 aromatic rings. The number of benzene rings is 2. The Labute approximate surface area is 329 Å². The van der Waals surface area contributed by atoms with Gasteiger partial charge in [0, 0.05) is 48.7 Å². The quantitative estimate of drug-likeness (QED) is 0.106. The van der Waals surface area contributed by atoms with Crippen molar-refractivity contribution >= 4 is 0 Å². The van der Waals surface area contributed by atoms with Crippen molar-refractivity contribution in [2.75, 3.05) is 13.1 Å². The van der Waals surface area contributed by atoms with Crippen molar-refractivity contribution in [1.29, 1.82) is 0 Å². The van der Waals surface area contributed by atoms with E-state index in [0.717, 1.165) is 73.8 Å². The van der Waals surface area contributed by atoms with Crippen LogP contribution in [0.4, 0.5) is 39.5 Å². The molecule has 4 nitrogen and oxygen atoms in total. The van der Waals surface area contributed by atoms with Crippen molar-refractivity contribution < 1.29 is 56.6 Å². The predicted molar refractivity (Wildman–Crippen MR) is 195 cm³/mol. The molecule has 300 valence electrons. The maximum absolute atomic E-state index is 13.9. The van der Waals surface area contributed by atoms with E-state index >= 15 is 0 Å². The monoisotopic (exact) mass is 822 g/mol. The van der Waals surface area contributed by atoms with E-state index in [1.807, 2.05) is 12.1 Å². The first kappa shape index (κ1) is 47.7. The number of aromatic nitrogens is 2. The van der Waals surface area contributed by atoms with Crippen molar-refractivity contribution in [3.63, 3.8) is 0 Å². The Hall–Kier alpha value is -3.45. The molecule has 2 aliphatic rings. The fraction of sp³-hybridized carbons (Fsp3) is 0.415. The maximum atomic E-state index is 13.9. The molecular formula is C41H47F9FeN4+2. The van der Waals surface area contributed by atoms with E-state index in [1.54, 1.807) is 26.1 Å². The molecule has 4 heterocycles. The first-order chi connectivity index (χ1) is 23.9. The molecule has 0 amide bonds. The summed E-state index contributed by atoms with van der Waals surface area (Å²) in [4.78, 5) is 13.9. The van der Waals surface area contributed by atoms with Crippen molar-refractivity contribution in [2.45, 2.75) is 97.6 Å². The molecular weight excluding hydrogens is 775 g/mol. The average Bonchev–Trinajstić information content (AvgIpc) is 3.69. The molecule has 55 heavy (non-hydrogen) atoms. The number of halogens is 9. The summed E-state index contributed by atoms with van der Waals surface area (Å²) in [5, 5.41) is 0. The SMILES string of the molecule is C.Cc1cc(C(F)(F)F)cc(C)c1-c1ccc(CN2CCC[C@@H]2[C@H]2CCCN2Cc2ccc(-c3c(C)cc(C(F)(F)F)cc3C(F)(F)F)cn2)nc1.[CH3-].[CH3-].[Fe+4]. The molecule has 2 fully saturated rings. The maximum Gasteiger partial charge on any atom is 4.00 e. The van der Waals surface area contributed by atoms with Crippen LogP contribution in [-0.4, -0.2) is 44.9 Å². The Morgan fingerprint density at radius 1 is 0.582 bits per heavy atom. The van der Waals surface area contributed by atoms with Gasteiger partial charge in [-0.25, -0.2) is 0 Å². The van der Waals surface area contributed by atoms with E-state index < -0.39 is 35.2 Å². The molecule has 2 aromatic heterocycles. The fourth-order valence-corrected chi connectivity index (χ4v) is 7.86. The van der Waals surface area contributed by atoms with Crippen LogP contribution >= 0.6 is 0 Å². The number of hydrogen-bond donors (Lipinski definition) is 0. The summed E-state index contributed by atoms with van der Waals surface area (Å²) in [6.07, 6.45) is -7.35.